The lowest BCUT2D eigenvalue weighted by Crippen LogP contribution is -2.13. The summed E-state index contributed by atoms with van der Waals surface area (Å²) in [6.07, 6.45) is 7.27. The molecule has 26 heavy (non-hydrogen) atoms. The molecule has 0 bridgehead atoms. The zero-order valence-electron chi connectivity index (χ0n) is 15.4. The number of carbonyl (C=O) groups excluding carboxylic acids is 1. The number of rotatable bonds is 6. The van der Waals surface area contributed by atoms with Gasteiger partial charge in [0.1, 0.15) is 0 Å². The monoisotopic (exact) mass is 344 g/mol. The highest BCUT2D eigenvalue weighted by molar-refractivity contribution is 6.06. The maximum atomic E-state index is 12.5. The van der Waals surface area contributed by atoms with Crippen LogP contribution < -0.4 is 5.32 Å². The van der Waals surface area contributed by atoms with Crippen LogP contribution in [-0.4, -0.2) is 11.6 Å². The van der Waals surface area contributed by atoms with Gasteiger partial charge in [-0.1, -0.05) is 60.7 Å². The lowest BCUT2D eigenvalue weighted by atomic mass is 10.1. The number of hydrogen-bond acceptors (Lipinski definition) is 2. The van der Waals surface area contributed by atoms with E-state index in [0.29, 0.717) is 5.57 Å². The Bertz CT molecular complexity index is 844. The number of anilines is 1. The van der Waals surface area contributed by atoms with Crippen molar-refractivity contribution in [2.45, 2.75) is 20.8 Å². The van der Waals surface area contributed by atoms with Crippen molar-refractivity contribution in [2.24, 2.45) is 4.99 Å². The molecule has 2 aromatic rings. The molecule has 2 aromatic carbocycles. The number of nitrogens with one attached hydrogen (secondary N) is 1. The van der Waals surface area contributed by atoms with Gasteiger partial charge in [-0.25, -0.2) is 0 Å². The van der Waals surface area contributed by atoms with Crippen LogP contribution in [0.25, 0.3) is 0 Å². The third kappa shape index (κ3) is 6.02. The second-order valence-corrected chi connectivity index (χ2v) is 5.81. The molecule has 0 unspecified atom stereocenters. The lowest BCUT2D eigenvalue weighted by Gasteiger charge is -2.05. The van der Waals surface area contributed by atoms with Gasteiger partial charge in [0.15, 0.2) is 0 Å². The van der Waals surface area contributed by atoms with E-state index in [1.807, 2.05) is 93.6 Å². The molecule has 0 saturated carbocycles. The molecule has 0 aliphatic rings. The van der Waals surface area contributed by atoms with Gasteiger partial charge in [0.2, 0.25) is 0 Å². The fourth-order valence-electron chi connectivity index (χ4n) is 2.37. The minimum absolute atomic E-state index is 0.151. The summed E-state index contributed by atoms with van der Waals surface area (Å²) in [5, 5.41) is 2.89. The molecule has 0 radical (unpaired) electrons. The summed E-state index contributed by atoms with van der Waals surface area (Å²) in [4.78, 5) is 17.1. The van der Waals surface area contributed by atoms with E-state index in [2.05, 4.69) is 10.3 Å². The van der Waals surface area contributed by atoms with E-state index in [1.54, 1.807) is 12.2 Å². The average Bonchev–Trinajstić information content (AvgIpc) is 2.66. The number of hydrogen-bond donors (Lipinski definition) is 1. The molecular weight excluding hydrogens is 320 g/mol. The SMILES string of the molecule is C/C=C/C(=C\C=C(/C)N=C(C)c1ccccc1)C(=O)Nc1ccccc1. The maximum absolute atomic E-state index is 12.5. The zero-order valence-corrected chi connectivity index (χ0v) is 15.4. The molecule has 1 N–H and O–H groups in total. The quantitative estimate of drug-likeness (QED) is 0.417. The van der Waals surface area contributed by atoms with E-state index in [0.717, 1.165) is 22.7 Å². The highest BCUT2D eigenvalue weighted by Gasteiger charge is 2.05. The molecule has 132 valence electrons. The van der Waals surface area contributed by atoms with Gasteiger partial charge in [-0.3, -0.25) is 9.79 Å². The van der Waals surface area contributed by atoms with Gasteiger partial charge in [0.25, 0.3) is 5.91 Å². The van der Waals surface area contributed by atoms with Crippen LogP contribution in [0.3, 0.4) is 0 Å². The van der Waals surface area contributed by atoms with Crippen molar-refractivity contribution in [3.05, 3.63) is 102 Å². The number of para-hydroxylation sites is 1. The Morgan fingerprint density at radius 3 is 2.15 bits per heavy atom. The molecule has 0 fully saturated rings. The molecule has 0 aliphatic heterocycles. The number of nitrogens with zero attached hydrogens (tertiary/aromatic N) is 1. The third-order valence-corrected chi connectivity index (χ3v) is 3.68. The van der Waals surface area contributed by atoms with Crippen molar-refractivity contribution >= 4 is 17.3 Å². The van der Waals surface area contributed by atoms with Gasteiger partial charge < -0.3 is 5.32 Å². The van der Waals surface area contributed by atoms with Crippen molar-refractivity contribution < 1.29 is 4.79 Å². The van der Waals surface area contributed by atoms with E-state index in [1.165, 1.54) is 0 Å². The fourth-order valence-corrected chi connectivity index (χ4v) is 2.37. The highest BCUT2D eigenvalue weighted by Crippen LogP contribution is 2.10. The van der Waals surface area contributed by atoms with Crippen LogP contribution in [-0.2, 0) is 4.79 Å². The first kappa shape index (κ1) is 19.1. The summed E-state index contributed by atoms with van der Waals surface area (Å²) in [6.45, 7) is 5.79. The predicted molar refractivity (Wildman–Crippen MR) is 110 cm³/mol. The van der Waals surface area contributed by atoms with Crippen LogP contribution in [0.1, 0.15) is 26.3 Å². The normalized spacial score (nSPS) is 13.1. The number of benzene rings is 2. The minimum Gasteiger partial charge on any atom is -0.322 e. The Morgan fingerprint density at radius 1 is 0.923 bits per heavy atom. The zero-order chi connectivity index (χ0) is 18.8. The van der Waals surface area contributed by atoms with Crippen LogP contribution in [0.5, 0.6) is 0 Å². The summed E-state index contributed by atoms with van der Waals surface area (Å²) >= 11 is 0. The second kappa shape index (κ2) is 9.94. The van der Waals surface area contributed by atoms with E-state index < -0.39 is 0 Å². The number of carbonyl (C=O) groups is 1. The smallest absolute Gasteiger partial charge is 0.255 e. The lowest BCUT2D eigenvalue weighted by molar-refractivity contribution is -0.112. The van der Waals surface area contributed by atoms with Crippen LogP contribution in [0, 0.1) is 0 Å². The topological polar surface area (TPSA) is 41.5 Å². The fraction of sp³-hybridized carbons (Fsp3) is 0.130. The molecule has 3 heteroatoms. The Morgan fingerprint density at radius 2 is 1.54 bits per heavy atom. The number of amides is 1. The van der Waals surface area contributed by atoms with E-state index in [4.69, 9.17) is 0 Å². The standard InChI is InChI=1S/C23H24N2O/c1-4-11-21(23(26)25-22-14-9-6-10-15-22)17-16-18(2)24-19(3)20-12-7-5-8-13-20/h4-17H,1-3H3,(H,25,26)/b11-4+,18-16+,21-17+,24-19?. The van der Waals surface area contributed by atoms with Gasteiger partial charge >= 0.3 is 0 Å². The average molecular weight is 344 g/mol. The van der Waals surface area contributed by atoms with E-state index in [9.17, 15) is 4.79 Å². The molecule has 0 heterocycles. The second-order valence-electron chi connectivity index (χ2n) is 5.81. The first-order valence-corrected chi connectivity index (χ1v) is 8.58. The van der Waals surface area contributed by atoms with Crippen molar-refractivity contribution in [1.82, 2.24) is 0 Å². The molecular formula is C23H24N2O. The Labute approximate surface area is 155 Å². The van der Waals surface area contributed by atoms with Gasteiger partial charge in [0, 0.05) is 22.7 Å². The van der Waals surface area contributed by atoms with Crippen molar-refractivity contribution in [2.75, 3.05) is 5.32 Å². The van der Waals surface area contributed by atoms with Crippen molar-refractivity contribution in [3.63, 3.8) is 0 Å². The van der Waals surface area contributed by atoms with Gasteiger partial charge in [0.05, 0.1) is 0 Å². The van der Waals surface area contributed by atoms with Crippen molar-refractivity contribution in [3.8, 4) is 0 Å². The van der Waals surface area contributed by atoms with E-state index >= 15 is 0 Å². The molecule has 3 nitrogen and oxygen atoms in total. The van der Waals surface area contributed by atoms with Gasteiger partial charge in [-0.2, -0.15) is 0 Å². The number of aliphatic imine (C=N–C) groups is 1. The van der Waals surface area contributed by atoms with Crippen LogP contribution >= 0.6 is 0 Å². The number of allylic oxidation sites excluding steroid dienone is 4. The molecule has 1 amide bonds. The minimum atomic E-state index is -0.151. The molecule has 0 saturated heterocycles. The molecule has 0 spiro atoms. The first-order chi connectivity index (χ1) is 12.6. The Kier molecular flexibility index (Phi) is 7.31. The highest BCUT2D eigenvalue weighted by atomic mass is 16.1. The largest absolute Gasteiger partial charge is 0.322 e. The summed E-state index contributed by atoms with van der Waals surface area (Å²) in [5.74, 6) is -0.151. The predicted octanol–water partition coefficient (Wildman–Crippen LogP) is 5.54. The third-order valence-electron chi connectivity index (χ3n) is 3.68. The van der Waals surface area contributed by atoms with Gasteiger partial charge in [-0.05, 0) is 50.6 Å². The molecule has 2 rings (SSSR count). The first-order valence-electron chi connectivity index (χ1n) is 8.58. The Balaban J connectivity index is 2.16. The summed E-state index contributed by atoms with van der Waals surface area (Å²) in [6, 6.07) is 19.4. The van der Waals surface area contributed by atoms with Crippen LogP contribution in [0.4, 0.5) is 5.69 Å². The Hall–Kier alpha value is -3.20. The molecule has 0 aliphatic carbocycles. The summed E-state index contributed by atoms with van der Waals surface area (Å²) in [5.41, 5.74) is 4.20. The summed E-state index contributed by atoms with van der Waals surface area (Å²) in [7, 11) is 0. The summed E-state index contributed by atoms with van der Waals surface area (Å²) < 4.78 is 0. The van der Waals surface area contributed by atoms with Crippen LogP contribution in [0.15, 0.2) is 101 Å². The van der Waals surface area contributed by atoms with Gasteiger partial charge in [-0.15, -0.1) is 0 Å². The molecule has 0 atom stereocenters. The maximum Gasteiger partial charge on any atom is 0.255 e. The molecule has 0 aromatic heterocycles. The van der Waals surface area contributed by atoms with Crippen LogP contribution in [0.2, 0.25) is 0 Å². The van der Waals surface area contributed by atoms with Crippen molar-refractivity contribution in [1.29, 1.82) is 0 Å². The van der Waals surface area contributed by atoms with E-state index in [-0.39, 0.29) is 5.91 Å².